The molecule has 19 heavy (non-hydrogen) atoms. The predicted octanol–water partition coefficient (Wildman–Crippen LogP) is 2.95. The third kappa shape index (κ3) is 3.40. The van der Waals surface area contributed by atoms with Gasteiger partial charge in [0.2, 0.25) is 0 Å². The van der Waals surface area contributed by atoms with Crippen LogP contribution in [-0.2, 0) is 4.79 Å². The number of anilines is 2. The van der Waals surface area contributed by atoms with Crippen LogP contribution in [0.1, 0.15) is 32.6 Å². The summed E-state index contributed by atoms with van der Waals surface area (Å²) in [5, 5.41) is 12.3. The molecule has 4 nitrogen and oxygen atoms in total. The molecule has 4 heteroatoms. The van der Waals surface area contributed by atoms with Crippen molar-refractivity contribution in [3.63, 3.8) is 0 Å². The molecule has 0 spiro atoms. The summed E-state index contributed by atoms with van der Waals surface area (Å²) >= 11 is 0. The Morgan fingerprint density at radius 3 is 2.63 bits per heavy atom. The van der Waals surface area contributed by atoms with Gasteiger partial charge in [0.15, 0.2) is 0 Å². The van der Waals surface area contributed by atoms with E-state index in [1.807, 2.05) is 25.1 Å². The predicted molar refractivity (Wildman–Crippen MR) is 77.8 cm³/mol. The fourth-order valence-corrected chi connectivity index (χ4v) is 2.53. The highest BCUT2D eigenvalue weighted by Crippen LogP contribution is 2.28. The number of aliphatic carboxylic acids is 1. The number of hydrogen-bond acceptors (Lipinski definition) is 3. The second kappa shape index (κ2) is 6.45. The zero-order valence-electron chi connectivity index (χ0n) is 11.4. The minimum atomic E-state index is -0.795. The highest BCUT2D eigenvalue weighted by Gasteiger charge is 2.19. The lowest BCUT2D eigenvalue weighted by molar-refractivity contribution is -0.137. The molecular formula is C15H22N2O2. The maximum atomic E-state index is 11.1. The SMILES string of the molecule is CCC(Nc1ccccc1N1CCCCC1)C(=O)O. The lowest BCUT2D eigenvalue weighted by atomic mass is 10.1. The van der Waals surface area contributed by atoms with Gasteiger partial charge in [-0.3, -0.25) is 0 Å². The van der Waals surface area contributed by atoms with Gasteiger partial charge in [-0.2, -0.15) is 0 Å². The van der Waals surface area contributed by atoms with Crippen molar-refractivity contribution >= 4 is 17.3 Å². The zero-order chi connectivity index (χ0) is 13.7. The van der Waals surface area contributed by atoms with Crippen LogP contribution in [0.15, 0.2) is 24.3 Å². The maximum Gasteiger partial charge on any atom is 0.326 e. The molecule has 0 amide bonds. The summed E-state index contributed by atoms with van der Waals surface area (Å²) in [6.07, 6.45) is 4.29. The van der Waals surface area contributed by atoms with Crippen molar-refractivity contribution in [1.82, 2.24) is 0 Å². The Balaban J connectivity index is 2.17. The van der Waals surface area contributed by atoms with Gasteiger partial charge in [-0.05, 0) is 37.8 Å². The summed E-state index contributed by atoms with van der Waals surface area (Å²) in [6, 6.07) is 7.48. The molecule has 0 bridgehead atoms. The third-order valence-corrected chi connectivity index (χ3v) is 3.64. The van der Waals surface area contributed by atoms with Gasteiger partial charge in [-0.25, -0.2) is 4.79 Å². The van der Waals surface area contributed by atoms with E-state index >= 15 is 0 Å². The van der Waals surface area contributed by atoms with Crippen molar-refractivity contribution in [3.05, 3.63) is 24.3 Å². The fourth-order valence-electron chi connectivity index (χ4n) is 2.53. The molecular weight excluding hydrogens is 240 g/mol. The van der Waals surface area contributed by atoms with Crippen LogP contribution in [0.2, 0.25) is 0 Å². The number of carbonyl (C=O) groups is 1. The van der Waals surface area contributed by atoms with Crippen molar-refractivity contribution in [2.24, 2.45) is 0 Å². The van der Waals surface area contributed by atoms with Crippen molar-refractivity contribution < 1.29 is 9.90 Å². The Hall–Kier alpha value is -1.71. The van der Waals surface area contributed by atoms with Crippen LogP contribution < -0.4 is 10.2 Å². The molecule has 1 atom stereocenters. The van der Waals surface area contributed by atoms with Crippen molar-refractivity contribution in [2.75, 3.05) is 23.3 Å². The first-order valence-electron chi connectivity index (χ1n) is 7.05. The second-order valence-electron chi connectivity index (χ2n) is 5.01. The zero-order valence-corrected chi connectivity index (χ0v) is 11.4. The van der Waals surface area contributed by atoms with E-state index in [1.54, 1.807) is 0 Å². The molecule has 1 aromatic rings. The summed E-state index contributed by atoms with van der Waals surface area (Å²) < 4.78 is 0. The molecule has 2 N–H and O–H groups in total. The normalized spacial score (nSPS) is 17.0. The van der Waals surface area contributed by atoms with E-state index < -0.39 is 12.0 Å². The highest BCUT2D eigenvalue weighted by molar-refractivity contribution is 5.80. The summed E-state index contributed by atoms with van der Waals surface area (Å²) in [7, 11) is 0. The molecule has 0 saturated carbocycles. The van der Waals surface area contributed by atoms with E-state index in [0.29, 0.717) is 6.42 Å². The Bertz CT molecular complexity index is 428. The molecule has 1 unspecified atom stereocenters. The van der Waals surface area contributed by atoms with Crippen LogP contribution in [0.3, 0.4) is 0 Å². The average Bonchev–Trinajstić information content (AvgIpc) is 2.45. The van der Waals surface area contributed by atoms with E-state index in [2.05, 4.69) is 16.3 Å². The summed E-state index contributed by atoms with van der Waals surface area (Å²) in [5.41, 5.74) is 2.06. The van der Waals surface area contributed by atoms with Gasteiger partial charge >= 0.3 is 5.97 Å². The molecule has 1 aromatic carbocycles. The van der Waals surface area contributed by atoms with E-state index in [-0.39, 0.29) is 0 Å². The number of carboxylic acids is 1. The molecule has 0 radical (unpaired) electrons. The topological polar surface area (TPSA) is 52.6 Å². The molecule has 0 aromatic heterocycles. The van der Waals surface area contributed by atoms with Crippen LogP contribution in [0.25, 0.3) is 0 Å². The second-order valence-corrected chi connectivity index (χ2v) is 5.01. The molecule has 1 aliphatic heterocycles. The first-order chi connectivity index (χ1) is 9.22. The summed E-state index contributed by atoms with van der Waals surface area (Å²) in [6.45, 7) is 4.00. The van der Waals surface area contributed by atoms with E-state index in [0.717, 1.165) is 24.5 Å². The van der Waals surface area contributed by atoms with E-state index in [4.69, 9.17) is 5.11 Å². The van der Waals surface area contributed by atoms with Gasteiger partial charge in [0.05, 0.1) is 11.4 Å². The Kier molecular flexibility index (Phi) is 4.66. The van der Waals surface area contributed by atoms with Crippen LogP contribution in [0.5, 0.6) is 0 Å². The van der Waals surface area contributed by atoms with Gasteiger partial charge < -0.3 is 15.3 Å². The number of nitrogens with one attached hydrogen (secondary N) is 1. The van der Waals surface area contributed by atoms with Crippen LogP contribution in [0.4, 0.5) is 11.4 Å². The molecule has 1 saturated heterocycles. The molecule has 1 fully saturated rings. The lowest BCUT2D eigenvalue weighted by Gasteiger charge is -2.31. The van der Waals surface area contributed by atoms with Gasteiger partial charge in [-0.1, -0.05) is 19.1 Å². The minimum absolute atomic E-state index is 0.522. The molecule has 1 aliphatic rings. The largest absolute Gasteiger partial charge is 0.480 e. The number of piperidine rings is 1. The quantitative estimate of drug-likeness (QED) is 0.856. The molecule has 2 rings (SSSR count). The minimum Gasteiger partial charge on any atom is -0.480 e. The van der Waals surface area contributed by atoms with E-state index in [1.165, 1.54) is 19.3 Å². The number of carboxylic acid groups (broad SMARTS) is 1. The van der Waals surface area contributed by atoms with Gasteiger partial charge in [-0.15, -0.1) is 0 Å². The summed E-state index contributed by atoms with van der Waals surface area (Å²) in [4.78, 5) is 13.5. The monoisotopic (exact) mass is 262 g/mol. The smallest absolute Gasteiger partial charge is 0.326 e. The Morgan fingerprint density at radius 1 is 1.32 bits per heavy atom. The van der Waals surface area contributed by atoms with Crippen molar-refractivity contribution in [1.29, 1.82) is 0 Å². The first-order valence-corrected chi connectivity index (χ1v) is 7.05. The van der Waals surface area contributed by atoms with Crippen LogP contribution >= 0.6 is 0 Å². The van der Waals surface area contributed by atoms with Crippen LogP contribution in [-0.4, -0.2) is 30.2 Å². The van der Waals surface area contributed by atoms with Crippen molar-refractivity contribution in [3.8, 4) is 0 Å². The third-order valence-electron chi connectivity index (χ3n) is 3.64. The fraction of sp³-hybridized carbons (Fsp3) is 0.533. The first kappa shape index (κ1) is 13.7. The maximum absolute atomic E-state index is 11.1. The lowest BCUT2D eigenvalue weighted by Crippen LogP contribution is -2.32. The number of para-hydroxylation sites is 2. The van der Waals surface area contributed by atoms with Gasteiger partial charge in [0.25, 0.3) is 0 Å². The number of hydrogen-bond donors (Lipinski definition) is 2. The Labute approximate surface area is 114 Å². The number of nitrogens with zero attached hydrogens (tertiary/aromatic N) is 1. The number of rotatable bonds is 5. The van der Waals surface area contributed by atoms with Crippen molar-refractivity contribution in [2.45, 2.75) is 38.6 Å². The van der Waals surface area contributed by atoms with Crippen LogP contribution in [0, 0.1) is 0 Å². The van der Waals surface area contributed by atoms with E-state index in [9.17, 15) is 4.79 Å². The molecule has 1 heterocycles. The van der Waals surface area contributed by atoms with Gasteiger partial charge in [0, 0.05) is 13.1 Å². The standard InChI is InChI=1S/C15H22N2O2/c1-2-12(15(18)19)16-13-8-4-5-9-14(13)17-10-6-3-7-11-17/h4-5,8-9,12,16H,2-3,6-7,10-11H2,1H3,(H,18,19). The number of benzene rings is 1. The summed E-state index contributed by atoms with van der Waals surface area (Å²) in [5.74, 6) is -0.795. The Morgan fingerprint density at radius 2 is 2.00 bits per heavy atom. The highest BCUT2D eigenvalue weighted by atomic mass is 16.4. The molecule has 0 aliphatic carbocycles. The average molecular weight is 262 g/mol. The van der Waals surface area contributed by atoms with Gasteiger partial charge in [0.1, 0.15) is 6.04 Å². The molecule has 104 valence electrons.